The number of aliphatic hydroxyl groups is 1. The molecule has 1 aliphatic rings. The molecule has 5 rings (SSSR count). The minimum absolute atomic E-state index is 0.0136. The second-order valence-corrected chi connectivity index (χ2v) is 8.51. The van der Waals surface area contributed by atoms with Crippen LogP contribution >= 0.6 is 22.9 Å². The number of ether oxygens (including phenoxy) is 1. The van der Waals surface area contributed by atoms with Crippen LogP contribution in [0.2, 0.25) is 5.02 Å². The Hall–Kier alpha value is -3.28. The van der Waals surface area contributed by atoms with Gasteiger partial charge in [-0.15, -0.1) is 10.2 Å². The number of amides is 1. The smallest absolute Gasteiger partial charge is 0.415 e. The van der Waals surface area contributed by atoms with Crippen molar-refractivity contribution in [2.45, 2.75) is 18.9 Å². The van der Waals surface area contributed by atoms with Gasteiger partial charge in [0.25, 0.3) is 0 Å². The molecule has 10 nitrogen and oxygen atoms in total. The molecule has 12 heteroatoms. The summed E-state index contributed by atoms with van der Waals surface area (Å²) in [5.74, 6) is 0.480. The summed E-state index contributed by atoms with van der Waals surface area (Å²) in [5, 5.41) is 30.2. The highest BCUT2D eigenvalue weighted by atomic mass is 35.5. The number of nitrogens with zero attached hydrogens (tertiary/aromatic N) is 5. The maximum absolute atomic E-state index is 12.4. The second kappa shape index (κ2) is 8.69. The highest BCUT2D eigenvalue weighted by Gasteiger charge is 2.29. The largest absolute Gasteiger partial charge is 0.446 e. The highest BCUT2D eigenvalue weighted by molar-refractivity contribution is 7.18. The van der Waals surface area contributed by atoms with Crippen LogP contribution < -0.4 is 10.2 Å². The van der Waals surface area contributed by atoms with E-state index in [1.54, 1.807) is 18.5 Å². The van der Waals surface area contributed by atoms with Crippen LogP contribution in [0.3, 0.4) is 0 Å². The van der Waals surface area contributed by atoms with E-state index in [-0.39, 0.29) is 12.7 Å². The Balaban J connectivity index is 1.34. The summed E-state index contributed by atoms with van der Waals surface area (Å²) in [6.07, 6.45) is 3.62. The first-order valence-electron chi connectivity index (χ1n) is 9.90. The number of carbonyl (C=O) groups excluding carboxylic acids is 1. The number of hydrogen-bond donors (Lipinski definition) is 3. The lowest BCUT2D eigenvalue weighted by Gasteiger charge is -2.30. The van der Waals surface area contributed by atoms with Gasteiger partial charge in [-0.2, -0.15) is 5.10 Å². The fourth-order valence-electron chi connectivity index (χ4n) is 3.47. The van der Waals surface area contributed by atoms with Gasteiger partial charge in [0.2, 0.25) is 5.13 Å². The summed E-state index contributed by atoms with van der Waals surface area (Å²) in [7, 11) is 0. The summed E-state index contributed by atoms with van der Waals surface area (Å²) >= 11 is 7.82. The molecule has 1 saturated heterocycles. The number of anilines is 3. The quantitative estimate of drug-likeness (QED) is 0.385. The van der Waals surface area contributed by atoms with Crippen molar-refractivity contribution in [3.8, 4) is 10.6 Å². The second-order valence-electron chi connectivity index (χ2n) is 7.16. The Morgan fingerprint density at radius 1 is 1.34 bits per heavy atom. The van der Waals surface area contributed by atoms with Gasteiger partial charge in [0.05, 0.1) is 22.4 Å². The molecular formula is C20H18ClN7O3S. The Bertz CT molecular complexity index is 1280. The Morgan fingerprint density at radius 2 is 2.25 bits per heavy atom. The van der Waals surface area contributed by atoms with E-state index < -0.39 is 6.09 Å². The summed E-state index contributed by atoms with van der Waals surface area (Å²) < 4.78 is 5.38. The van der Waals surface area contributed by atoms with Gasteiger partial charge in [0.1, 0.15) is 16.9 Å². The van der Waals surface area contributed by atoms with Crippen molar-refractivity contribution in [2.75, 3.05) is 23.4 Å². The van der Waals surface area contributed by atoms with Crippen molar-refractivity contribution < 1.29 is 14.6 Å². The van der Waals surface area contributed by atoms with E-state index in [0.717, 1.165) is 16.5 Å². The summed E-state index contributed by atoms with van der Waals surface area (Å²) in [4.78, 5) is 18.2. The molecule has 32 heavy (non-hydrogen) atoms. The predicted molar refractivity (Wildman–Crippen MR) is 121 cm³/mol. The average Bonchev–Trinajstić information content (AvgIpc) is 3.46. The van der Waals surface area contributed by atoms with E-state index in [4.69, 9.17) is 21.4 Å². The fraction of sp³-hybridized carbons (Fsp3) is 0.250. The van der Waals surface area contributed by atoms with Crippen molar-refractivity contribution >= 4 is 56.6 Å². The van der Waals surface area contributed by atoms with Crippen LogP contribution in [0.25, 0.3) is 21.5 Å². The molecule has 0 aliphatic carbocycles. The van der Waals surface area contributed by atoms with E-state index in [0.29, 0.717) is 46.1 Å². The fourth-order valence-corrected chi connectivity index (χ4v) is 4.48. The van der Waals surface area contributed by atoms with Crippen molar-refractivity contribution in [2.24, 2.45) is 0 Å². The number of aromatic amines is 1. The van der Waals surface area contributed by atoms with Gasteiger partial charge in [-0.25, -0.2) is 9.78 Å². The first-order valence-corrected chi connectivity index (χ1v) is 11.1. The number of benzene rings is 1. The average molecular weight is 472 g/mol. The van der Waals surface area contributed by atoms with E-state index in [1.165, 1.54) is 16.2 Å². The highest BCUT2D eigenvalue weighted by Crippen LogP contribution is 2.35. The van der Waals surface area contributed by atoms with Crippen molar-refractivity contribution in [1.29, 1.82) is 0 Å². The van der Waals surface area contributed by atoms with E-state index in [2.05, 4.69) is 30.7 Å². The molecule has 3 N–H and O–H groups in total. The van der Waals surface area contributed by atoms with Crippen molar-refractivity contribution in [3.05, 3.63) is 41.7 Å². The standard InChI is InChI=1S/C20H18ClN7O3S/c21-17-13-10-23-25-14(13)1-2-15(17)24-19-27-26-18(32-19)11-3-6-22-16(9-11)28-7-4-12(5-8-29)31-20(28)30/h1-3,6,9-10,12,29H,4-5,7-8H2,(H,23,25)(H,24,27). The number of aromatic nitrogens is 5. The third-order valence-electron chi connectivity index (χ3n) is 5.11. The third kappa shape index (κ3) is 3.97. The molecule has 1 atom stereocenters. The molecule has 0 saturated carbocycles. The minimum atomic E-state index is -0.469. The number of cyclic esters (lactones) is 1. The molecule has 4 aromatic rings. The molecule has 1 aromatic carbocycles. The van der Waals surface area contributed by atoms with Gasteiger partial charge in [-0.3, -0.25) is 10.00 Å². The Kier molecular flexibility index (Phi) is 5.60. The predicted octanol–water partition coefficient (Wildman–Crippen LogP) is 3.97. The normalized spacial score (nSPS) is 16.4. The van der Waals surface area contributed by atoms with Crippen LogP contribution in [0.15, 0.2) is 36.7 Å². The van der Waals surface area contributed by atoms with Crippen LogP contribution in [0.1, 0.15) is 12.8 Å². The molecule has 0 bridgehead atoms. The molecule has 1 fully saturated rings. The molecular weight excluding hydrogens is 454 g/mol. The molecule has 1 unspecified atom stereocenters. The Labute approximate surface area is 191 Å². The number of pyridine rings is 1. The number of hydrogen-bond acceptors (Lipinski definition) is 9. The number of rotatable bonds is 6. The first kappa shape index (κ1) is 20.6. The van der Waals surface area contributed by atoms with Crippen LogP contribution in [-0.4, -0.2) is 55.8 Å². The molecule has 0 spiro atoms. The molecule has 1 amide bonds. The number of nitrogens with one attached hydrogen (secondary N) is 2. The number of H-pyrrole nitrogens is 1. The van der Waals surface area contributed by atoms with E-state index in [1.807, 2.05) is 18.2 Å². The first-order chi connectivity index (χ1) is 15.6. The number of fused-ring (bicyclic) bond motifs is 1. The van der Waals surface area contributed by atoms with Gasteiger partial charge in [0, 0.05) is 43.1 Å². The summed E-state index contributed by atoms with van der Waals surface area (Å²) in [5.41, 5.74) is 2.33. The monoisotopic (exact) mass is 471 g/mol. The van der Waals surface area contributed by atoms with E-state index in [9.17, 15) is 4.79 Å². The van der Waals surface area contributed by atoms with Crippen molar-refractivity contribution in [3.63, 3.8) is 0 Å². The van der Waals surface area contributed by atoms with Gasteiger partial charge in [0.15, 0.2) is 0 Å². The van der Waals surface area contributed by atoms with Crippen LogP contribution in [-0.2, 0) is 4.74 Å². The topological polar surface area (TPSA) is 129 Å². The van der Waals surface area contributed by atoms with Crippen LogP contribution in [0, 0.1) is 0 Å². The number of aliphatic hydroxyl groups excluding tert-OH is 1. The molecule has 1 aliphatic heterocycles. The lowest BCUT2D eigenvalue weighted by molar-refractivity contribution is 0.0674. The van der Waals surface area contributed by atoms with Crippen LogP contribution in [0.5, 0.6) is 0 Å². The van der Waals surface area contributed by atoms with Gasteiger partial charge in [-0.05, 0) is 24.3 Å². The maximum Gasteiger partial charge on any atom is 0.415 e. The zero-order chi connectivity index (χ0) is 22.1. The lowest BCUT2D eigenvalue weighted by Crippen LogP contribution is -2.42. The van der Waals surface area contributed by atoms with Gasteiger partial charge >= 0.3 is 6.09 Å². The third-order valence-corrected chi connectivity index (χ3v) is 6.40. The van der Waals surface area contributed by atoms with Gasteiger partial charge in [-0.1, -0.05) is 22.9 Å². The summed E-state index contributed by atoms with van der Waals surface area (Å²) in [6.45, 7) is 0.456. The number of halogens is 1. The molecule has 3 aromatic heterocycles. The molecule has 4 heterocycles. The maximum atomic E-state index is 12.4. The lowest BCUT2D eigenvalue weighted by atomic mass is 10.1. The minimum Gasteiger partial charge on any atom is -0.446 e. The summed E-state index contributed by atoms with van der Waals surface area (Å²) in [6, 6.07) is 7.32. The Morgan fingerprint density at radius 3 is 3.09 bits per heavy atom. The van der Waals surface area contributed by atoms with Crippen LogP contribution in [0.4, 0.5) is 21.4 Å². The van der Waals surface area contributed by atoms with Crippen molar-refractivity contribution in [1.82, 2.24) is 25.4 Å². The van der Waals surface area contributed by atoms with Gasteiger partial charge < -0.3 is 15.2 Å². The zero-order valence-electron chi connectivity index (χ0n) is 16.7. The zero-order valence-corrected chi connectivity index (χ0v) is 18.2. The molecule has 164 valence electrons. The van der Waals surface area contributed by atoms with E-state index >= 15 is 0 Å². The SMILES string of the molecule is O=C1OC(CCO)CCN1c1cc(-c2nnc(Nc3ccc4[nH]ncc4c3Cl)s2)ccn1. The molecule has 0 radical (unpaired) electrons. The number of carbonyl (C=O) groups is 1.